The topological polar surface area (TPSA) is 102 Å². The number of nitrogens with zero attached hydrogens (tertiary/aromatic N) is 1. The van der Waals surface area contributed by atoms with Gasteiger partial charge in [-0.3, -0.25) is 9.59 Å². The molecule has 1 unspecified atom stereocenters. The van der Waals surface area contributed by atoms with Crippen molar-refractivity contribution in [1.29, 1.82) is 0 Å². The van der Waals surface area contributed by atoms with Crippen molar-refractivity contribution in [2.24, 2.45) is 5.92 Å². The maximum absolute atomic E-state index is 12.4. The average molecular weight is 453 g/mol. The van der Waals surface area contributed by atoms with Crippen LogP contribution in [0.5, 0.6) is 11.5 Å². The number of carbonyl (C=O) groups is 2. The van der Waals surface area contributed by atoms with Crippen molar-refractivity contribution in [1.82, 2.24) is 5.32 Å². The fourth-order valence-corrected chi connectivity index (χ4v) is 5.07. The van der Waals surface area contributed by atoms with Gasteiger partial charge in [-0.1, -0.05) is 18.5 Å². The minimum atomic E-state index is -3.74. The summed E-state index contributed by atoms with van der Waals surface area (Å²) in [6, 6.07) is 11.1. The predicted molar refractivity (Wildman–Crippen MR) is 113 cm³/mol. The Morgan fingerprint density at radius 3 is 2.43 bits per heavy atom. The minimum absolute atomic E-state index is 0.0450. The SMILES string of the molecule is COc1ccc(OCCNC(=O)c2ccc(N3C(=O)C(C)CS3(=O)=O)cc2Cl)cc1. The number of halogens is 1. The van der Waals surface area contributed by atoms with Crippen LogP contribution in [-0.2, 0) is 14.8 Å². The number of rotatable bonds is 7. The highest BCUT2D eigenvalue weighted by Gasteiger charge is 2.42. The molecule has 1 atom stereocenters. The number of benzene rings is 2. The van der Waals surface area contributed by atoms with E-state index >= 15 is 0 Å². The number of hydrogen-bond donors (Lipinski definition) is 1. The van der Waals surface area contributed by atoms with Crippen LogP contribution >= 0.6 is 11.6 Å². The molecule has 30 heavy (non-hydrogen) atoms. The largest absolute Gasteiger partial charge is 0.497 e. The van der Waals surface area contributed by atoms with Gasteiger partial charge in [0.1, 0.15) is 18.1 Å². The smallest absolute Gasteiger partial charge is 0.252 e. The van der Waals surface area contributed by atoms with Crippen molar-refractivity contribution in [3.05, 3.63) is 53.1 Å². The van der Waals surface area contributed by atoms with Gasteiger partial charge in [-0.25, -0.2) is 12.7 Å². The van der Waals surface area contributed by atoms with Crippen LogP contribution < -0.4 is 19.1 Å². The van der Waals surface area contributed by atoms with Gasteiger partial charge >= 0.3 is 0 Å². The lowest BCUT2D eigenvalue weighted by atomic mass is 10.1. The number of methoxy groups -OCH3 is 1. The summed E-state index contributed by atoms with van der Waals surface area (Å²) in [6.45, 7) is 2.03. The van der Waals surface area contributed by atoms with E-state index in [9.17, 15) is 18.0 Å². The van der Waals surface area contributed by atoms with Gasteiger partial charge in [0, 0.05) is 0 Å². The van der Waals surface area contributed by atoms with Gasteiger partial charge in [0.05, 0.1) is 41.6 Å². The minimum Gasteiger partial charge on any atom is -0.497 e. The Morgan fingerprint density at radius 2 is 1.87 bits per heavy atom. The van der Waals surface area contributed by atoms with E-state index in [2.05, 4.69) is 5.32 Å². The van der Waals surface area contributed by atoms with Gasteiger partial charge in [0.25, 0.3) is 5.91 Å². The second-order valence-electron chi connectivity index (χ2n) is 6.73. The van der Waals surface area contributed by atoms with Crippen molar-refractivity contribution in [3.63, 3.8) is 0 Å². The molecule has 0 radical (unpaired) electrons. The lowest BCUT2D eigenvalue weighted by molar-refractivity contribution is -0.119. The summed E-state index contributed by atoms with van der Waals surface area (Å²) in [7, 11) is -2.16. The molecule has 1 aliphatic rings. The van der Waals surface area contributed by atoms with Crippen LogP contribution in [0, 0.1) is 5.92 Å². The molecule has 0 bridgehead atoms. The molecule has 8 nitrogen and oxygen atoms in total. The van der Waals surface area contributed by atoms with Gasteiger partial charge < -0.3 is 14.8 Å². The third-order valence-electron chi connectivity index (χ3n) is 4.51. The molecule has 2 aromatic carbocycles. The van der Waals surface area contributed by atoms with Crippen molar-refractivity contribution in [3.8, 4) is 11.5 Å². The molecule has 1 N–H and O–H groups in total. The van der Waals surface area contributed by atoms with Crippen LogP contribution in [0.4, 0.5) is 5.69 Å². The highest BCUT2D eigenvalue weighted by atomic mass is 35.5. The van der Waals surface area contributed by atoms with Crippen LogP contribution in [0.25, 0.3) is 0 Å². The second-order valence-corrected chi connectivity index (χ2v) is 9.00. The molecule has 160 valence electrons. The van der Waals surface area contributed by atoms with Crippen LogP contribution in [-0.4, -0.2) is 46.2 Å². The first kappa shape index (κ1) is 21.9. The Bertz CT molecular complexity index is 1060. The number of ether oxygens (including phenoxy) is 2. The first-order valence-corrected chi connectivity index (χ1v) is 11.1. The van der Waals surface area contributed by atoms with Crippen molar-refractivity contribution in [2.45, 2.75) is 6.92 Å². The van der Waals surface area contributed by atoms with Crippen LogP contribution in [0.1, 0.15) is 17.3 Å². The molecule has 1 saturated heterocycles. The van der Waals surface area contributed by atoms with Crippen LogP contribution in [0.3, 0.4) is 0 Å². The molecule has 1 aliphatic heterocycles. The number of nitrogens with one attached hydrogen (secondary N) is 1. The van der Waals surface area contributed by atoms with E-state index in [1.165, 1.54) is 18.2 Å². The quantitative estimate of drug-likeness (QED) is 0.647. The van der Waals surface area contributed by atoms with Gasteiger partial charge in [0.15, 0.2) is 0 Å². The summed E-state index contributed by atoms with van der Waals surface area (Å²) in [5, 5.41) is 2.73. The molecule has 0 aliphatic carbocycles. The molecule has 1 heterocycles. The monoisotopic (exact) mass is 452 g/mol. The standard InChI is InChI=1S/C20H21ClN2O6S/c1-13-12-30(26,27)23(20(13)25)14-3-8-17(18(21)11-14)19(24)22-9-10-29-16-6-4-15(28-2)5-7-16/h3-8,11,13H,9-10,12H2,1-2H3,(H,22,24). The predicted octanol–water partition coefficient (Wildman–Crippen LogP) is 2.47. The Balaban J connectivity index is 1.59. The van der Waals surface area contributed by atoms with E-state index < -0.39 is 27.8 Å². The number of amides is 2. The number of anilines is 1. The molecular weight excluding hydrogens is 432 g/mol. The fraction of sp³-hybridized carbons (Fsp3) is 0.300. The average Bonchev–Trinajstić information content (AvgIpc) is 2.92. The first-order chi connectivity index (χ1) is 14.2. The Hall–Kier alpha value is -2.78. The van der Waals surface area contributed by atoms with Crippen molar-refractivity contribution >= 4 is 39.1 Å². The van der Waals surface area contributed by atoms with Crippen molar-refractivity contribution < 1.29 is 27.5 Å². The molecule has 2 amide bonds. The van der Waals surface area contributed by atoms with Gasteiger partial charge in [0.2, 0.25) is 15.9 Å². The lowest BCUT2D eigenvalue weighted by Crippen LogP contribution is -2.31. The summed E-state index contributed by atoms with van der Waals surface area (Å²) in [4.78, 5) is 24.6. The summed E-state index contributed by atoms with van der Waals surface area (Å²) < 4.78 is 35.8. The van der Waals surface area contributed by atoms with E-state index in [0.29, 0.717) is 11.5 Å². The summed E-state index contributed by atoms with van der Waals surface area (Å²) in [5.41, 5.74) is 0.288. The number of carbonyl (C=O) groups excluding carboxylic acids is 2. The van der Waals surface area contributed by atoms with Crippen LogP contribution in [0.15, 0.2) is 42.5 Å². The Kier molecular flexibility index (Phi) is 6.52. The van der Waals surface area contributed by atoms with Crippen LogP contribution in [0.2, 0.25) is 5.02 Å². The zero-order valence-corrected chi connectivity index (χ0v) is 18.0. The fourth-order valence-electron chi connectivity index (χ4n) is 3.00. The number of sulfonamides is 1. The normalized spacial score (nSPS) is 17.6. The molecule has 2 aromatic rings. The zero-order chi connectivity index (χ0) is 21.9. The first-order valence-electron chi connectivity index (χ1n) is 9.14. The van der Waals surface area contributed by atoms with E-state index in [-0.39, 0.29) is 35.2 Å². The van der Waals surface area contributed by atoms with E-state index in [1.807, 2.05) is 0 Å². The molecule has 0 aromatic heterocycles. The van der Waals surface area contributed by atoms with E-state index in [4.69, 9.17) is 21.1 Å². The van der Waals surface area contributed by atoms with Gasteiger partial charge in [-0.15, -0.1) is 0 Å². The zero-order valence-electron chi connectivity index (χ0n) is 16.4. The molecular formula is C20H21ClN2O6S. The Morgan fingerprint density at radius 1 is 1.20 bits per heavy atom. The maximum atomic E-state index is 12.4. The Labute approximate surface area is 179 Å². The summed E-state index contributed by atoms with van der Waals surface area (Å²) in [6.07, 6.45) is 0. The van der Waals surface area contributed by atoms with Crippen molar-refractivity contribution in [2.75, 3.05) is 30.3 Å². The third-order valence-corrected chi connectivity index (χ3v) is 6.69. The molecule has 0 saturated carbocycles. The third kappa shape index (κ3) is 4.68. The maximum Gasteiger partial charge on any atom is 0.252 e. The summed E-state index contributed by atoms with van der Waals surface area (Å²) >= 11 is 6.18. The second kappa shape index (κ2) is 8.93. The molecule has 3 rings (SSSR count). The molecule has 10 heteroatoms. The lowest BCUT2D eigenvalue weighted by Gasteiger charge is -2.16. The summed E-state index contributed by atoms with van der Waals surface area (Å²) in [5.74, 6) is -0.472. The van der Waals surface area contributed by atoms with E-state index in [1.54, 1.807) is 38.3 Å². The van der Waals surface area contributed by atoms with Gasteiger partial charge in [-0.05, 0) is 42.5 Å². The molecule has 1 fully saturated rings. The highest BCUT2D eigenvalue weighted by molar-refractivity contribution is 7.94. The van der Waals surface area contributed by atoms with E-state index in [0.717, 1.165) is 4.31 Å². The highest BCUT2D eigenvalue weighted by Crippen LogP contribution is 2.31. The van der Waals surface area contributed by atoms with Gasteiger partial charge in [-0.2, -0.15) is 0 Å². The number of hydrogen-bond acceptors (Lipinski definition) is 6. The molecule has 0 spiro atoms.